The molecule has 6 heteroatoms. The Morgan fingerprint density at radius 3 is 2.45 bits per heavy atom. The first kappa shape index (κ1) is 15.8. The van der Waals surface area contributed by atoms with Crippen molar-refractivity contribution in [3.8, 4) is 0 Å². The van der Waals surface area contributed by atoms with Gasteiger partial charge in [0.05, 0.1) is 11.2 Å². The van der Waals surface area contributed by atoms with Crippen LogP contribution in [0.2, 0.25) is 0 Å². The minimum atomic E-state index is -3.30. The molecule has 1 atom stereocenters. The van der Waals surface area contributed by atoms with Crippen LogP contribution in [-0.4, -0.2) is 42.6 Å². The second-order valence-electron chi connectivity index (χ2n) is 6.31. The smallest absolute Gasteiger partial charge is 0.311 e. The molecule has 2 aliphatic rings. The molecule has 1 saturated carbocycles. The van der Waals surface area contributed by atoms with E-state index in [-0.39, 0.29) is 18.2 Å². The van der Waals surface area contributed by atoms with E-state index in [1.165, 1.54) is 10.7 Å². The third-order valence-electron chi connectivity index (χ3n) is 5.01. The van der Waals surface area contributed by atoms with Gasteiger partial charge in [-0.05, 0) is 31.6 Å². The summed E-state index contributed by atoms with van der Waals surface area (Å²) in [4.78, 5) is 11.4. The number of hydrogen-bond acceptors (Lipinski definition) is 3. The molecule has 1 heterocycles. The summed E-state index contributed by atoms with van der Waals surface area (Å²) in [5, 5.41) is 9.35. The van der Waals surface area contributed by atoms with Gasteiger partial charge in [0.1, 0.15) is 0 Å². The lowest BCUT2D eigenvalue weighted by atomic mass is 9.85. The molecule has 1 saturated heterocycles. The van der Waals surface area contributed by atoms with Crippen molar-refractivity contribution in [2.24, 2.45) is 11.3 Å². The maximum atomic E-state index is 12.5. The topological polar surface area (TPSA) is 74.7 Å². The fourth-order valence-electron chi connectivity index (χ4n) is 3.44. The normalized spacial score (nSPS) is 29.6. The van der Waals surface area contributed by atoms with Gasteiger partial charge in [-0.2, -0.15) is 0 Å². The molecule has 116 valence electrons. The first-order valence-electron chi connectivity index (χ1n) is 7.61. The number of sulfonamides is 1. The number of nitrogens with zero attached hydrogens (tertiary/aromatic N) is 1. The van der Waals surface area contributed by atoms with Crippen LogP contribution >= 0.6 is 0 Å². The molecule has 20 heavy (non-hydrogen) atoms. The van der Waals surface area contributed by atoms with Gasteiger partial charge in [0.2, 0.25) is 10.0 Å². The van der Waals surface area contributed by atoms with Gasteiger partial charge in [-0.3, -0.25) is 4.79 Å². The number of carboxylic acid groups (broad SMARTS) is 1. The predicted octanol–water partition coefficient (Wildman–Crippen LogP) is 2.08. The van der Waals surface area contributed by atoms with Crippen molar-refractivity contribution < 1.29 is 18.3 Å². The molecule has 0 amide bonds. The molecule has 5 nitrogen and oxygen atoms in total. The Morgan fingerprint density at radius 2 is 1.95 bits per heavy atom. The van der Waals surface area contributed by atoms with Crippen LogP contribution in [0, 0.1) is 11.3 Å². The first-order chi connectivity index (χ1) is 9.39. The standard InChI is InChI=1S/C14H25NO4S/c1-2-14(13(16)17)8-9-15(11-14)20(18,19)10-12-6-4-3-5-7-12/h12H,2-11H2,1H3,(H,16,17). The molecule has 0 aromatic carbocycles. The van der Waals surface area contributed by atoms with E-state index in [0.29, 0.717) is 19.4 Å². The van der Waals surface area contributed by atoms with Crippen LogP contribution in [0.1, 0.15) is 51.9 Å². The summed E-state index contributed by atoms with van der Waals surface area (Å²) in [6, 6.07) is 0. The molecule has 1 N–H and O–H groups in total. The van der Waals surface area contributed by atoms with E-state index in [2.05, 4.69) is 0 Å². The Morgan fingerprint density at radius 1 is 1.30 bits per heavy atom. The highest BCUT2D eigenvalue weighted by molar-refractivity contribution is 7.89. The molecular weight excluding hydrogens is 278 g/mol. The fourth-order valence-corrected chi connectivity index (χ4v) is 5.40. The van der Waals surface area contributed by atoms with Crippen LogP contribution in [0.5, 0.6) is 0 Å². The van der Waals surface area contributed by atoms with Gasteiger partial charge in [-0.15, -0.1) is 0 Å². The van der Waals surface area contributed by atoms with E-state index in [1.54, 1.807) is 0 Å². The van der Waals surface area contributed by atoms with Gasteiger partial charge >= 0.3 is 5.97 Å². The number of rotatable bonds is 5. The molecule has 2 rings (SSSR count). The lowest BCUT2D eigenvalue weighted by molar-refractivity contribution is -0.148. The minimum Gasteiger partial charge on any atom is -0.481 e. The van der Waals surface area contributed by atoms with Crippen molar-refractivity contribution in [3.63, 3.8) is 0 Å². The van der Waals surface area contributed by atoms with Crippen LogP contribution in [0.3, 0.4) is 0 Å². The number of hydrogen-bond donors (Lipinski definition) is 1. The van der Waals surface area contributed by atoms with Gasteiger partial charge in [-0.1, -0.05) is 26.2 Å². The highest BCUT2D eigenvalue weighted by atomic mass is 32.2. The molecular formula is C14H25NO4S. The summed E-state index contributed by atoms with van der Waals surface area (Å²) in [5.74, 6) is -0.405. The summed E-state index contributed by atoms with van der Waals surface area (Å²) < 4.78 is 26.3. The van der Waals surface area contributed by atoms with Gasteiger partial charge in [0.25, 0.3) is 0 Å². The van der Waals surface area contributed by atoms with Crippen molar-refractivity contribution in [3.05, 3.63) is 0 Å². The van der Waals surface area contributed by atoms with Crippen molar-refractivity contribution in [2.75, 3.05) is 18.8 Å². The molecule has 1 aliphatic heterocycles. The summed E-state index contributed by atoms with van der Waals surface area (Å²) in [6.45, 7) is 2.33. The van der Waals surface area contributed by atoms with Crippen molar-refractivity contribution >= 4 is 16.0 Å². The van der Waals surface area contributed by atoms with Gasteiger partial charge in [0.15, 0.2) is 0 Å². The Labute approximate surface area is 121 Å². The largest absolute Gasteiger partial charge is 0.481 e. The SMILES string of the molecule is CCC1(C(=O)O)CCN(S(=O)(=O)CC2CCCCC2)C1. The van der Waals surface area contributed by atoms with Gasteiger partial charge in [0, 0.05) is 13.1 Å². The molecule has 0 radical (unpaired) electrons. The van der Waals surface area contributed by atoms with E-state index in [0.717, 1.165) is 25.7 Å². The van der Waals surface area contributed by atoms with Crippen LogP contribution in [0.15, 0.2) is 0 Å². The summed E-state index contributed by atoms with van der Waals surface area (Å²) in [5.41, 5.74) is -0.875. The number of carbonyl (C=O) groups is 1. The molecule has 0 aromatic rings. The van der Waals surface area contributed by atoms with Gasteiger partial charge in [-0.25, -0.2) is 12.7 Å². The summed E-state index contributed by atoms with van der Waals surface area (Å²) >= 11 is 0. The molecule has 0 spiro atoms. The average Bonchev–Trinajstić information content (AvgIpc) is 2.86. The zero-order chi connectivity index (χ0) is 14.8. The molecule has 1 unspecified atom stereocenters. The third-order valence-corrected chi connectivity index (χ3v) is 7.00. The molecule has 2 fully saturated rings. The van der Waals surface area contributed by atoms with Crippen molar-refractivity contribution in [2.45, 2.75) is 51.9 Å². The second-order valence-corrected chi connectivity index (χ2v) is 8.32. The lowest BCUT2D eigenvalue weighted by Gasteiger charge is -2.26. The molecule has 0 bridgehead atoms. The Hall–Kier alpha value is -0.620. The van der Waals surface area contributed by atoms with Crippen molar-refractivity contribution in [1.29, 1.82) is 0 Å². The van der Waals surface area contributed by atoms with E-state index in [4.69, 9.17) is 0 Å². The summed E-state index contributed by atoms with van der Waals surface area (Å²) in [7, 11) is -3.30. The van der Waals surface area contributed by atoms with E-state index in [9.17, 15) is 18.3 Å². The van der Waals surface area contributed by atoms with Crippen LogP contribution < -0.4 is 0 Å². The molecule has 0 aromatic heterocycles. The third kappa shape index (κ3) is 3.17. The summed E-state index contributed by atoms with van der Waals surface area (Å²) in [6.07, 6.45) is 6.34. The van der Waals surface area contributed by atoms with Crippen LogP contribution in [-0.2, 0) is 14.8 Å². The fraction of sp³-hybridized carbons (Fsp3) is 0.929. The van der Waals surface area contributed by atoms with E-state index in [1.807, 2.05) is 6.92 Å². The van der Waals surface area contributed by atoms with E-state index >= 15 is 0 Å². The average molecular weight is 303 g/mol. The monoisotopic (exact) mass is 303 g/mol. The second kappa shape index (κ2) is 6.02. The number of aliphatic carboxylic acids is 1. The first-order valence-corrected chi connectivity index (χ1v) is 9.22. The van der Waals surface area contributed by atoms with Crippen LogP contribution in [0.4, 0.5) is 0 Å². The highest BCUT2D eigenvalue weighted by Gasteiger charge is 2.47. The Balaban J connectivity index is 2.02. The maximum Gasteiger partial charge on any atom is 0.311 e. The quantitative estimate of drug-likeness (QED) is 0.844. The predicted molar refractivity (Wildman–Crippen MR) is 76.9 cm³/mol. The zero-order valence-electron chi connectivity index (χ0n) is 12.2. The lowest BCUT2D eigenvalue weighted by Crippen LogP contribution is -2.38. The van der Waals surface area contributed by atoms with Gasteiger partial charge < -0.3 is 5.11 Å². The van der Waals surface area contributed by atoms with Crippen molar-refractivity contribution in [1.82, 2.24) is 4.31 Å². The minimum absolute atomic E-state index is 0.147. The zero-order valence-corrected chi connectivity index (χ0v) is 13.0. The Kier molecular flexibility index (Phi) is 4.74. The maximum absolute atomic E-state index is 12.5. The Bertz CT molecular complexity index is 456. The highest BCUT2D eigenvalue weighted by Crippen LogP contribution is 2.36. The molecule has 1 aliphatic carbocycles. The van der Waals surface area contributed by atoms with Crippen LogP contribution in [0.25, 0.3) is 0 Å². The van der Waals surface area contributed by atoms with E-state index < -0.39 is 21.4 Å². The number of carboxylic acids is 1.